The monoisotopic (exact) mass is 455 g/mol. The fourth-order valence-corrected chi connectivity index (χ4v) is 4.23. The third-order valence-corrected chi connectivity index (χ3v) is 6.75. The van der Waals surface area contributed by atoms with E-state index in [4.69, 9.17) is 4.74 Å². The number of rotatable bonds is 6. The zero-order chi connectivity index (χ0) is 23.3. The lowest BCUT2D eigenvalue weighted by Gasteiger charge is -2.32. The molecule has 3 fully saturated rings. The van der Waals surface area contributed by atoms with Crippen molar-refractivity contribution >= 4 is 23.5 Å². The third kappa shape index (κ3) is 4.15. The van der Waals surface area contributed by atoms with Gasteiger partial charge in [-0.1, -0.05) is 6.92 Å². The van der Waals surface area contributed by atoms with Crippen molar-refractivity contribution in [3.8, 4) is 5.88 Å². The Labute approximate surface area is 190 Å². The summed E-state index contributed by atoms with van der Waals surface area (Å²) in [7, 11) is 0. The molecule has 3 heterocycles. The maximum Gasteiger partial charge on any atom is 0.270 e. The average molecular weight is 456 g/mol. The van der Waals surface area contributed by atoms with E-state index in [0.29, 0.717) is 37.5 Å². The van der Waals surface area contributed by atoms with Crippen molar-refractivity contribution in [1.29, 1.82) is 0 Å². The van der Waals surface area contributed by atoms with E-state index in [1.807, 2.05) is 6.92 Å². The Morgan fingerprint density at radius 3 is 2.79 bits per heavy atom. The molecule has 10 nitrogen and oxygen atoms in total. The molecule has 3 aliphatic rings. The largest absolute Gasteiger partial charge is 0.492 e. The quantitative estimate of drug-likeness (QED) is 0.631. The summed E-state index contributed by atoms with van der Waals surface area (Å²) in [5, 5.41) is 17.8. The number of ether oxygens (including phenoxy) is 1. The minimum absolute atomic E-state index is 0.0237. The first-order chi connectivity index (χ1) is 15.8. The number of carbonyl (C=O) groups is 2. The van der Waals surface area contributed by atoms with Crippen molar-refractivity contribution < 1.29 is 19.4 Å². The van der Waals surface area contributed by atoms with Crippen molar-refractivity contribution in [1.82, 2.24) is 24.4 Å². The fraction of sp³-hybridized carbons (Fsp3) is 0.565. The van der Waals surface area contributed by atoms with Crippen LogP contribution in [0.15, 0.2) is 17.1 Å². The molecule has 33 heavy (non-hydrogen) atoms. The van der Waals surface area contributed by atoms with E-state index in [-0.39, 0.29) is 29.0 Å². The van der Waals surface area contributed by atoms with E-state index < -0.39 is 17.3 Å². The number of carbonyl (C=O) groups excluding carboxylic acids is 2. The van der Waals surface area contributed by atoms with Gasteiger partial charge in [0.25, 0.3) is 11.5 Å². The number of nitrogens with one attached hydrogen (secondary N) is 1. The molecule has 0 radical (unpaired) electrons. The van der Waals surface area contributed by atoms with Gasteiger partial charge in [-0.3, -0.25) is 19.0 Å². The second-order valence-electron chi connectivity index (χ2n) is 9.77. The zero-order valence-electron chi connectivity index (χ0n) is 18.9. The van der Waals surface area contributed by atoms with Crippen molar-refractivity contribution in [3.05, 3.63) is 33.8 Å². The van der Waals surface area contributed by atoms with Crippen molar-refractivity contribution in [2.45, 2.75) is 58.2 Å². The molecule has 0 aromatic carbocycles. The van der Waals surface area contributed by atoms with Crippen LogP contribution in [0.5, 0.6) is 5.88 Å². The van der Waals surface area contributed by atoms with Crippen LogP contribution in [0.2, 0.25) is 0 Å². The normalized spacial score (nSPS) is 22.1. The Morgan fingerprint density at radius 2 is 2.12 bits per heavy atom. The van der Waals surface area contributed by atoms with Gasteiger partial charge in [0.05, 0.1) is 25.5 Å². The first kappa shape index (κ1) is 21.7. The molecule has 10 heteroatoms. The van der Waals surface area contributed by atoms with Gasteiger partial charge in [0.2, 0.25) is 11.8 Å². The summed E-state index contributed by atoms with van der Waals surface area (Å²) in [5.41, 5.74) is 0.00308. The molecule has 176 valence electrons. The van der Waals surface area contributed by atoms with Gasteiger partial charge < -0.3 is 20.1 Å². The highest BCUT2D eigenvalue weighted by atomic mass is 16.5. The molecule has 1 saturated heterocycles. The average Bonchev–Trinajstić information content (AvgIpc) is 3.69. The maximum atomic E-state index is 13.4. The highest BCUT2D eigenvalue weighted by Gasteiger charge is 2.39. The highest BCUT2D eigenvalue weighted by Crippen LogP contribution is 2.46. The molecule has 0 bridgehead atoms. The van der Waals surface area contributed by atoms with Gasteiger partial charge in [-0.2, -0.15) is 9.61 Å². The number of morpholine rings is 1. The summed E-state index contributed by atoms with van der Waals surface area (Å²) in [6, 6.07) is 0.0236. The van der Waals surface area contributed by atoms with Gasteiger partial charge in [-0.15, -0.1) is 0 Å². The molecule has 2 N–H and O–H groups in total. The number of aromatic hydroxyl groups is 1. The molecule has 2 amide bonds. The summed E-state index contributed by atoms with van der Waals surface area (Å²) in [6.07, 6.45) is 8.25. The topological polar surface area (TPSA) is 118 Å². The Balaban J connectivity index is 1.55. The summed E-state index contributed by atoms with van der Waals surface area (Å²) in [5.74, 6) is -1.23. The lowest BCUT2D eigenvalue weighted by molar-refractivity contribution is -0.133. The molecular weight excluding hydrogens is 426 g/mol. The van der Waals surface area contributed by atoms with Gasteiger partial charge in [0.1, 0.15) is 5.65 Å². The van der Waals surface area contributed by atoms with Crippen LogP contribution < -0.4 is 10.9 Å². The molecule has 2 aliphatic carbocycles. The second-order valence-corrected chi connectivity index (χ2v) is 9.77. The van der Waals surface area contributed by atoms with Crippen LogP contribution in [-0.4, -0.2) is 67.8 Å². The number of aromatic nitrogens is 3. The van der Waals surface area contributed by atoms with Crippen LogP contribution in [0.25, 0.3) is 11.7 Å². The molecule has 0 unspecified atom stereocenters. The molecule has 5 rings (SSSR count). The number of nitrogens with zero attached hydrogens (tertiary/aromatic N) is 4. The molecular formula is C23H29N5O5. The standard InChI is InChI=1S/C23H29N5O5/c1-14-12-33-10-9-26(14)17(29)6-3-15-11-24-28-20(15)27(13-23(2)7-8-23)21(31)18(22(28)32)19(30)25-16-4-5-16/h3,6,11,14,16,32H,4-5,7-10,12-13H2,1-2H3,(H,25,30)/b6-3+/t14-/m0/s1. The molecule has 2 aromatic rings. The highest BCUT2D eigenvalue weighted by molar-refractivity contribution is 5.97. The second kappa shape index (κ2) is 8.02. The maximum absolute atomic E-state index is 13.4. The third-order valence-electron chi connectivity index (χ3n) is 6.75. The van der Waals surface area contributed by atoms with Crippen LogP contribution in [-0.2, 0) is 16.1 Å². The van der Waals surface area contributed by atoms with Crippen LogP contribution >= 0.6 is 0 Å². The zero-order valence-corrected chi connectivity index (χ0v) is 18.9. The van der Waals surface area contributed by atoms with E-state index >= 15 is 0 Å². The molecule has 2 aromatic heterocycles. The van der Waals surface area contributed by atoms with E-state index in [9.17, 15) is 19.5 Å². The van der Waals surface area contributed by atoms with Crippen LogP contribution in [0.1, 0.15) is 55.5 Å². The van der Waals surface area contributed by atoms with Crippen LogP contribution in [0, 0.1) is 5.41 Å². The van der Waals surface area contributed by atoms with Crippen LogP contribution in [0.4, 0.5) is 0 Å². The predicted octanol–water partition coefficient (Wildman–Crippen LogP) is 1.15. The molecule has 1 aliphatic heterocycles. The predicted molar refractivity (Wildman–Crippen MR) is 120 cm³/mol. The minimum Gasteiger partial charge on any atom is -0.492 e. The van der Waals surface area contributed by atoms with Gasteiger partial charge >= 0.3 is 0 Å². The van der Waals surface area contributed by atoms with E-state index in [2.05, 4.69) is 17.3 Å². The van der Waals surface area contributed by atoms with Gasteiger partial charge in [-0.05, 0) is 44.1 Å². The summed E-state index contributed by atoms with van der Waals surface area (Å²) in [4.78, 5) is 40.6. The number of fused-ring (bicyclic) bond motifs is 1. The summed E-state index contributed by atoms with van der Waals surface area (Å²) >= 11 is 0. The number of hydrogen-bond donors (Lipinski definition) is 2. The number of amides is 2. The smallest absolute Gasteiger partial charge is 0.270 e. The van der Waals surface area contributed by atoms with Gasteiger partial charge in [0, 0.05) is 30.8 Å². The minimum atomic E-state index is -0.583. The fourth-order valence-electron chi connectivity index (χ4n) is 4.23. The van der Waals surface area contributed by atoms with E-state index in [1.54, 1.807) is 11.0 Å². The lowest BCUT2D eigenvalue weighted by atomic mass is 10.1. The van der Waals surface area contributed by atoms with Gasteiger partial charge in [-0.25, -0.2) is 0 Å². The molecule has 0 spiro atoms. The van der Waals surface area contributed by atoms with E-state index in [1.165, 1.54) is 21.4 Å². The lowest BCUT2D eigenvalue weighted by Crippen LogP contribution is -2.46. The Bertz CT molecular complexity index is 1200. The van der Waals surface area contributed by atoms with Crippen molar-refractivity contribution in [2.75, 3.05) is 19.8 Å². The Hall–Kier alpha value is -3.14. The first-order valence-corrected chi connectivity index (χ1v) is 11.5. The number of hydrogen-bond acceptors (Lipinski definition) is 6. The Morgan fingerprint density at radius 1 is 1.36 bits per heavy atom. The SMILES string of the molecule is C[C@H]1COCCN1C(=O)/C=C/c1cnn2c(O)c(C(=O)NC3CC3)c(=O)n(CC3(C)CC3)c12. The Kier molecular flexibility index (Phi) is 5.27. The molecule has 1 atom stereocenters. The van der Waals surface area contributed by atoms with Crippen molar-refractivity contribution in [3.63, 3.8) is 0 Å². The van der Waals surface area contributed by atoms with Crippen molar-refractivity contribution in [2.24, 2.45) is 5.41 Å². The first-order valence-electron chi connectivity index (χ1n) is 11.5. The summed E-state index contributed by atoms with van der Waals surface area (Å²) in [6.45, 7) is 5.93. The van der Waals surface area contributed by atoms with E-state index in [0.717, 1.165) is 25.7 Å². The summed E-state index contributed by atoms with van der Waals surface area (Å²) < 4.78 is 8.13. The van der Waals surface area contributed by atoms with Gasteiger partial charge in [0.15, 0.2) is 5.56 Å². The molecule has 2 saturated carbocycles. The van der Waals surface area contributed by atoms with Crippen LogP contribution in [0.3, 0.4) is 0 Å².